The fraction of sp³-hybridized carbons (Fsp3) is 0.600. The SMILES string of the molecule is Cc1cc(N2CC3CCCC3C2)c(C(N)=S)c(C)n1. The van der Waals surface area contributed by atoms with Crippen molar-refractivity contribution in [2.24, 2.45) is 17.6 Å². The number of thiocarbonyl (C=S) groups is 1. The molecule has 0 amide bonds. The largest absolute Gasteiger partial charge is 0.389 e. The Kier molecular flexibility index (Phi) is 3.21. The van der Waals surface area contributed by atoms with Gasteiger partial charge in [-0.05, 0) is 44.6 Å². The van der Waals surface area contributed by atoms with Gasteiger partial charge in [0.15, 0.2) is 0 Å². The van der Waals surface area contributed by atoms with Gasteiger partial charge in [-0.3, -0.25) is 4.98 Å². The zero-order valence-corrected chi connectivity index (χ0v) is 12.5. The molecule has 2 heterocycles. The highest BCUT2D eigenvalue weighted by Crippen LogP contribution is 2.40. The van der Waals surface area contributed by atoms with E-state index in [9.17, 15) is 0 Å². The number of anilines is 1. The zero-order valence-electron chi connectivity index (χ0n) is 11.6. The van der Waals surface area contributed by atoms with Crippen LogP contribution in [0.4, 0.5) is 5.69 Å². The summed E-state index contributed by atoms with van der Waals surface area (Å²) in [7, 11) is 0. The Morgan fingerprint density at radius 1 is 1.32 bits per heavy atom. The standard InChI is InChI=1S/C15H21N3S/c1-9-6-13(14(15(16)19)10(2)17-9)18-7-11-4-3-5-12(11)8-18/h6,11-12H,3-5,7-8H2,1-2H3,(H2,16,19). The molecule has 1 saturated heterocycles. The van der Waals surface area contributed by atoms with Gasteiger partial charge >= 0.3 is 0 Å². The maximum atomic E-state index is 5.91. The van der Waals surface area contributed by atoms with E-state index in [2.05, 4.69) is 16.0 Å². The summed E-state index contributed by atoms with van der Waals surface area (Å²) in [5.74, 6) is 1.74. The van der Waals surface area contributed by atoms with Crippen molar-refractivity contribution in [2.75, 3.05) is 18.0 Å². The number of fused-ring (bicyclic) bond motifs is 1. The Hall–Kier alpha value is -1.16. The number of nitrogens with two attached hydrogens (primary N) is 1. The summed E-state index contributed by atoms with van der Waals surface area (Å²) in [4.78, 5) is 7.45. The number of pyridine rings is 1. The van der Waals surface area contributed by atoms with Gasteiger partial charge in [-0.2, -0.15) is 0 Å². The lowest BCUT2D eigenvalue weighted by molar-refractivity contribution is 0.494. The van der Waals surface area contributed by atoms with Crippen LogP contribution < -0.4 is 10.6 Å². The maximum Gasteiger partial charge on any atom is 0.107 e. The van der Waals surface area contributed by atoms with Crippen molar-refractivity contribution in [3.05, 3.63) is 23.0 Å². The molecule has 0 radical (unpaired) electrons. The topological polar surface area (TPSA) is 42.1 Å². The van der Waals surface area contributed by atoms with Gasteiger partial charge in [0.25, 0.3) is 0 Å². The van der Waals surface area contributed by atoms with Gasteiger partial charge in [0.05, 0.1) is 11.3 Å². The second kappa shape index (κ2) is 4.75. The normalized spacial score (nSPS) is 25.7. The van der Waals surface area contributed by atoms with Crippen LogP contribution in [0, 0.1) is 25.7 Å². The second-order valence-electron chi connectivity index (χ2n) is 5.96. The van der Waals surface area contributed by atoms with E-state index in [1.165, 1.54) is 24.9 Å². The molecule has 3 rings (SSSR count). The molecular formula is C15H21N3S. The van der Waals surface area contributed by atoms with Gasteiger partial charge in [-0.25, -0.2) is 0 Å². The van der Waals surface area contributed by atoms with Gasteiger partial charge in [0, 0.05) is 24.5 Å². The number of hydrogen-bond donors (Lipinski definition) is 1. The van der Waals surface area contributed by atoms with Crippen LogP contribution in [-0.4, -0.2) is 23.1 Å². The average Bonchev–Trinajstić information content (AvgIpc) is 2.86. The summed E-state index contributed by atoms with van der Waals surface area (Å²) in [5.41, 5.74) is 10.1. The molecule has 4 heteroatoms. The summed E-state index contributed by atoms with van der Waals surface area (Å²) in [5, 5.41) is 0. The average molecular weight is 275 g/mol. The van der Waals surface area contributed by atoms with Crippen molar-refractivity contribution in [3.63, 3.8) is 0 Å². The van der Waals surface area contributed by atoms with E-state index in [-0.39, 0.29) is 0 Å². The van der Waals surface area contributed by atoms with Crippen LogP contribution in [0.25, 0.3) is 0 Å². The van der Waals surface area contributed by atoms with E-state index in [0.29, 0.717) is 4.99 Å². The Balaban J connectivity index is 1.98. The third-order valence-corrected chi connectivity index (χ3v) is 4.83. The van der Waals surface area contributed by atoms with E-state index < -0.39 is 0 Å². The highest BCUT2D eigenvalue weighted by Gasteiger charge is 2.37. The third-order valence-electron chi connectivity index (χ3n) is 4.62. The first-order valence-corrected chi connectivity index (χ1v) is 7.50. The highest BCUT2D eigenvalue weighted by atomic mass is 32.1. The van der Waals surface area contributed by atoms with E-state index >= 15 is 0 Å². The summed E-state index contributed by atoms with van der Waals surface area (Å²) in [6.07, 6.45) is 4.17. The third kappa shape index (κ3) is 2.22. The fourth-order valence-corrected chi connectivity index (χ4v) is 4.05. The molecule has 0 bridgehead atoms. The van der Waals surface area contributed by atoms with Gasteiger partial charge in [0.1, 0.15) is 4.99 Å². The fourth-order valence-electron chi connectivity index (χ4n) is 3.79. The molecule has 19 heavy (non-hydrogen) atoms. The Bertz CT molecular complexity index is 514. The van der Waals surface area contributed by atoms with Gasteiger partial charge in [-0.1, -0.05) is 18.6 Å². The van der Waals surface area contributed by atoms with E-state index in [1.54, 1.807) is 0 Å². The smallest absolute Gasteiger partial charge is 0.107 e. The number of aryl methyl sites for hydroxylation is 2. The van der Waals surface area contributed by atoms with Crippen LogP contribution in [-0.2, 0) is 0 Å². The van der Waals surface area contributed by atoms with Crippen molar-refractivity contribution in [1.82, 2.24) is 4.98 Å². The Morgan fingerprint density at radius 3 is 2.53 bits per heavy atom. The first-order valence-electron chi connectivity index (χ1n) is 7.09. The van der Waals surface area contributed by atoms with Gasteiger partial charge < -0.3 is 10.6 Å². The molecule has 1 aromatic rings. The molecule has 2 N–H and O–H groups in total. The van der Waals surface area contributed by atoms with Crippen LogP contribution in [0.15, 0.2) is 6.07 Å². The molecule has 1 aromatic heterocycles. The zero-order chi connectivity index (χ0) is 13.6. The van der Waals surface area contributed by atoms with Crippen LogP contribution in [0.1, 0.15) is 36.2 Å². The molecule has 2 unspecified atom stereocenters. The summed E-state index contributed by atoms with van der Waals surface area (Å²) in [6.45, 7) is 6.35. The van der Waals surface area contributed by atoms with Crippen molar-refractivity contribution in [3.8, 4) is 0 Å². The first kappa shape index (κ1) is 12.9. The minimum absolute atomic E-state index is 0.469. The van der Waals surface area contributed by atoms with Crippen molar-refractivity contribution in [1.29, 1.82) is 0 Å². The van der Waals surface area contributed by atoms with E-state index in [4.69, 9.17) is 18.0 Å². The molecule has 2 atom stereocenters. The Morgan fingerprint density at radius 2 is 1.95 bits per heavy atom. The molecule has 2 fully saturated rings. The van der Waals surface area contributed by atoms with Crippen molar-refractivity contribution in [2.45, 2.75) is 33.1 Å². The quantitative estimate of drug-likeness (QED) is 0.842. The lowest BCUT2D eigenvalue weighted by atomic mass is 10.0. The minimum atomic E-state index is 0.469. The predicted octanol–water partition coefficient (Wildman–Crippen LogP) is 2.57. The molecule has 102 valence electrons. The highest BCUT2D eigenvalue weighted by molar-refractivity contribution is 7.80. The van der Waals surface area contributed by atoms with Gasteiger partial charge in [0.2, 0.25) is 0 Å². The van der Waals surface area contributed by atoms with E-state index in [1.807, 2.05) is 13.8 Å². The summed E-state index contributed by atoms with van der Waals surface area (Å²) in [6, 6.07) is 2.14. The summed E-state index contributed by atoms with van der Waals surface area (Å²) < 4.78 is 0. The lowest BCUT2D eigenvalue weighted by Gasteiger charge is -2.24. The second-order valence-corrected chi connectivity index (χ2v) is 6.40. The van der Waals surface area contributed by atoms with Crippen molar-refractivity contribution < 1.29 is 0 Å². The number of aromatic nitrogens is 1. The number of hydrogen-bond acceptors (Lipinski definition) is 3. The molecule has 0 spiro atoms. The molecule has 1 saturated carbocycles. The lowest BCUT2D eigenvalue weighted by Crippen LogP contribution is -2.26. The predicted molar refractivity (Wildman–Crippen MR) is 82.6 cm³/mol. The molecular weight excluding hydrogens is 254 g/mol. The van der Waals surface area contributed by atoms with Crippen LogP contribution in [0.2, 0.25) is 0 Å². The Labute approximate surface area is 120 Å². The van der Waals surface area contributed by atoms with Crippen LogP contribution >= 0.6 is 12.2 Å². The minimum Gasteiger partial charge on any atom is -0.389 e. The monoisotopic (exact) mass is 275 g/mol. The van der Waals surface area contributed by atoms with Gasteiger partial charge in [-0.15, -0.1) is 0 Å². The number of rotatable bonds is 2. The van der Waals surface area contributed by atoms with E-state index in [0.717, 1.165) is 41.9 Å². The molecule has 2 aliphatic rings. The van der Waals surface area contributed by atoms with Crippen LogP contribution in [0.3, 0.4) is 0 Å². The summed E-state index contributed by atoms with van der Waals surface area (Å²) >= 11 is 5.23. The number of nitrogens with zero attached hydrogens (tertiary/aromatic N) is 2. The molecule has 3 nitrogen and oxygen atoms in total. The first-order chi connectivity index (χ1) is 9.06. The molecule has 0 aromatic carbocycles. The molecule has 1 aliphatic heterocycles. The molecule has 1 aliphatic carbocycles. The van der Waals surface area contributed by atoms with Crippen molar-refractivity contribution >= 4 is 22.9 Å². The van der Waals surface area contributed by atoms with Crippen LogP contribution in [0.5, 0.6) is 0 Å². The maximum absolute atomic E-state index is 5.91.